The van der Waals surface area contributed by atoms with Gasteiger partial charge in [0.05, 0.1) is 6.07 Å². The summed E-state index contributed by atoms with van der Waals surface area (Å²) in [4.78, 5) is 7.59. The molecule has 0 amide bonds. The van der Waals surface area contributed by atoms with Gasteiger partial charge in [-0.25, -0.2) is 0 Å². The Labute approximate surface area is 97.3 Å². The molecule has 5 heteroatoms. The summed E-state index contributed by atoms with van der Waals surface area (Å²) in [6, 6.07) is 2.08. The number of allylic oxidation sites excluding steroid dienone is 1. The highest BCUT2D eigenvalue weighted by atomic mass is 79.9. The Hall–Kier alpha value is -0.660. The minimum Gasteiger partial charge on any atom is -0.281 e. The summed E-state index contributed by atoms with van der Waals surface area (Å²) >= 11 is 9.13. The summed E-state index contributed by atoms with van der Waals surface area (Å²) < 4.78 is 0.609. The van der Waals surface area contributed by atoms with Gasteiger partial charge in [0.25, 0.3) is 0 Å². The Bertz CT molecular complexity index is 315. The predicted octanol–water partition coefficient (Wildman–Crippen LogP) is 3.11. The van der Waals surface area contributed by atoms with E-state index in [1.807, 2.05) is 6.92 Å². The van der Waals surface area contributed by atoms with Crippen LogP contribution in [0.15, 0.2) is 20.7 Å². The summed E-state index contributed by atoms with van der Waals surface area (Å²) in [5.41, 5.74) is 0.714. The third-order valence-electron chi connectivity index (χ3n) is 1.67. The van der Waals surface area contributed by atoms with Crippen LogP contribution in [0, 0.1) is 17.2 Å². The molecule has 14 heavy (non-hydrogen) atoms. The van der Waals surface area contributed by atoms with Crippen molar-refractivity contribution in [1.82, 2.24) is 0 Å². The standard InChI is InChI=1S/C9H11BrClN3/c1-6(4-5-12)7(8(10)13-2)9(11)14-3/h6H,3-4H2,1-2H3/b9-7-,13-8?/t6-/m1/s1. The van der Waals surface area contributed by atoms with E-state index < -0.39 is 0 Å². The number of aliphatic imine (C=N–C) groups is 2. The monoisotopic (exact) mass is 275 g/mol. The summed E-state index contributed by atoms with van der Waals surface area (Å²) in [6.07, 6.45) is 0.367. The summed E-state index contributed by atoms with van der Waals surface area (Å²) in [5.74, 6) is -0.0175. The lowest BCUT2D eigenvalue weighted by Crippen LogP contribution is -2.06. The van der Waals surface area contributed by atoms with Crippen LogP contribution in [0.5, 0.6) is 0 Å². The van der Waals surface area contributed by atoms with E-state index in [1.165, 1.54) is 0 Å². The van der Waals surface area contributed by atoms with Crippen molar-refractivity contribution in [3.63, 3.8) is 0 Å². The van der Waals surface area contributed by atoms with E-state index in [9.17, 15) is 0 Å². The van der Waals surface area contributed by atoms with Crippen molar-refractivity contribution in [3.8, 4) is 6.07 Å². The highest BCUT2D eigenvalue weighted by Crippen LogP contribution is 2.25. The molecule has 0 heterocycles. The molecule has 0 bridgehead atoms. The molecule has 0 saturated carbocycles. The van der Waals surface area contributed by atoms with Gasteiger partial charge in [-0.2, -0.15) is 5.26 Å². The van der Waals surface area contributed by atoms with Gasteiger partial charge < -0.3 is 0 Å². The second-order valence-corrected chi connectivity index (χ2v) is 3.75. The Kier molecular flexibility index (Phi) is 6.43. The fourth-order valence-corrected chi connectivity index (χ4v) is 1.90. The molecule has 0 N–H and O–H groups in total. The molecule has 0 aliphatic rings. The van der Waals surface area contributed by atoms with Crippen LogP contribution in [-0.2, 0) is 0 Å². The lowest BCUT2D eigenvalue weighted by Gasteiger charge is -2.11. The molecule has 0 rings (SSSR count). The van der Waals surface area contributed by atoms with Gasteiger partial charge in [-0.3, -0.25) is 9.98 Å². The van der Waals surface area contributed by atoms with Crippen LogP contribution in [0.25, 0.3) is 0 Å². The van der Waals surface area contributed by atoms with Crippen molar-refractivity contribution in [2.75, 3.05) is 7.05 Å². The Balaban J connectivity index is 5.14. The fraction of sp³-hybridized carbons (Fsp3) is 0.444. The van der Waals surface area contributed by atoms with Crippen LogP contribution in [0.4, 0.5) is 0 Å². The van der Waals surface area contributed by atoms with Gasteiger partial charge in [0.1, 0.15) is 9.78 Å². The zero-order chi connectivity index (χ0) is 11.1. The fourth-order valence-electron chi connectivity index (χ4n) is 0.936. The van der Waals surface area contributed by atoms with E-state index in [0.29, 0.717) is 16.6 Å². The molecule has 3 nitrogen and oxygen atoms in total. The lowest BCUT2D eigenvalue weighted by atomic mass is 10.00. The summed E-state index contributed by atoms with van der Waals surface area (Å²) in [7, 11) is 1.64. The van der Waals surface area contributed by atoms with Crippen LogP contribution < -0.4 is 0 Å². The third-order valence-corrected chi connectivity index (χ3v) is 2.77. The van der Waals surface area contributed by atoms with Crippen LogP contribution >= 0.6 is 27.5 Å². The smallest absolute Gasteiger partial charge is 0.134 e. The first-order valence-electron chi connectivity index (χ1n) is 3.94. The summed E-state index contributed by atoms with van der Waals surface area (Å²) in [6.45, 7) is 5.23. The van der Waals surface area contributed by atoms with Crippen molar-refractivity contribution in [3.05, 3.63) is 10.7 Å². The van der Waals surface area contributed by atoms with Crippen LogP contribution in [0.1, 0.15) is 13.3 Å². The maximum absolute atomic E-state index is 8.58. The Morgan fingerprint density at radius 3 is 2.64 bits per heavy atom. The number of hydrogen-bond acceptors (Lipinski definition) is 3. The normalized spacial score (nSPS) is 15.5. The zero-order valence-electron chi connectivity index (χ0n) is 8.09. The minimum atomic E-state index is -0.0175. The average Bonchev–Trinajstić information content (AvgIpc) is 2.17. The highest BCUT2D eigenvalue weighted by Gasteiger charge is 2.16. The van der Waals surface area contributed by atoms with E-state index in [4.69, 9.17) is 16.9 Å². The van der Waals surface area contributed by atoms with Crippen LogP contribution in [-0.4, -0.2) is 18.4 Å². The van der Waals surface area contributed by atoms with E-state index >= 15 is 0 Å². The zero-order valence-corrected chi connectivity index (χ0v) is 10.4. The molecule has 0 aromatic rings. The van der Waals surface area contributed by atoms with Gasteiger partial charge in [0.15, 0.2) is 0 Å². The minimum absolute atomic E-state index is 0.0175. The van der Waals surface area contributed by atoms with E-state index in [1.54, 1.807) is 7.05 Å². The number of hydrogen-bond donors (Lipinski definition) is 0. The number of halogens is 2. The van der Waals surface area contributed by atoms with Gasteiger partial charge in [-0.05, 0) is 28.6 Å². The second-order valence-electron chi connectivity index (χ2n) is 2.64. The first-order valence-corrected chi connectivity index (χ1v) is 5.11. The van der Waals surface area contributed by atoms with E-state index in [-0.39, 0.29) is 11.1 Å². The Morgan fingerprint density at radius 2 is 2.29 bits per heavy atom. The Morgan fingerprint density at radius 1 is 1.71 bits per heavy atom. The molecule has 0 radical (unpaired) electrons. The summed E-state index contributed by atoms with van der Waals surface area (Å²) in [5, 5.41) is 8.86. The molecule has 0 aliphatic carbocycles. The molecule has 0 aromatic heterocycles. The maximum atomic E-state index is 8.58. The first-order chi connectivity index (χ1) is 6.58. The molecule has 0 fully saturated rings. The van der Waals surface area contributed by atoms with Gasteiger partial charge in [-0.15, -0.1) is 0 Å². The lowest BCUT2D eigenvalue weighted by molar-refractivity contribution is 0.727. The van der Waals surface area contributed by atoms with E-state index in [2.05, 4.69) is 38.7 Å². The van der Waals surface area contributed by atoms with Crippen molar-refractivity contribution >= 4 is 38.9 Å². The highest BCUT2D eigenvalue weighted by molar-refractivity contribution is 9.18. The third kappa shape index (κ3) is 3.60. The molecular formula is C9H11BrClN3. The first kappa shape index (κ1) is 13.3. The molecule has 1 atom stereocenters. The predicted molar refractivity (Wildman–Crippen MR) is 64.1 cm³/mol. The van der Waals surface area contributed by atoms with Crippen LogP contribution in [0.3, 0.4) is 0 Å². The molecule has 0 aliphatic heterocycles. The number of nitriles is 1. The molecule has 0 unspecified atom stereocenters. The molecular weight excluding hydrogens is 265 g/mol. The van der Waals surface area contributed by atoms with Gasteiger partial charge in [0, 0.05) is 19.0 Å². The van der Waals surface area contributed by atoms with Crippen molar-refractivity contribution < 1.29 is 0 Å². The van der Waals surface area contributed by atoms with Crippen molar-refractivity contribution in [2.45, 2.75) is 13.3 Å². The van der Waals surface area contributed by atoms with Gasteiger partial charge in [-0.1, -0.05) is 18.5 Å². The molecule has 76 valence electrons. The maximum Gasteiger partial charge on any atom is 0.134 e. The average molecular weight is 277 g/mol. The molecule has 0 spiro atoms. The number of nitrogens with zero attached hydrogens (tertiary/aromatic N) is 3. The quantitative estimate of drug-likeness (QED) is 0.575. The van der Waals surface area contributed by atoms with Gasteiger partial charge >= 0.3 is 0 Å². The van der Waals surface area contributed by atoms with Gasteiger partial charge in [0.2, 0.25) is 0 Å². The number of rotatable bonds is 4. The van der Waals surface area contributed by atoms with Crippen molar-refractivity contribution in [1.29, 1.82) is 5.26 Å². The topological polar surface area (TPSA) is 48.5 Å². The molecule has 0 aromatic carbocycles. The largest absolute Gasteiger partial charge is 0.281 e. The second kappa shape index (κ2) is 6.74. The van der Waals surface area contributed by atoms with E-state index in [0.717, 1.165) is 0 Å². The van der Waals surface area contributed by atoms with Crippen molar-refractivity contribution in [2.24, 2.45) is 15.9 Å². The molecule has 0 saturated heterocycles. The SMILES string of the molecule is C=N/C(Cl)=C(\C(Br)=NC)[C@H](C)CC#N. The van der Waals surface area contributed by atoms with Crippen LogP contribution in [0.2, 0.25) is 0 Å².